The molecular formula is C43H49Cl2N3O8. The summed E-state index contributed by atoms with van der Waals surface area (Å²) in [5, 5.41) is 18.1. The fraction of sp³-hybridized carbons (Fsp3) is 0.395. The van der Waals surface area contributed by atoms with Gasteiger partial charge in [-0.3, -0.25) is 14.4 Å². The Morgan fingerprint density at radius 3 is 2.23 bits per heavy atom. The number of benzene rings is 3. The maximum atomic E-state index is 13.9. The van der Waals surface area contributed by atoms with E-state index in [4.69, 9.17) is 37.1 Å². The van der Waals surface area contributed by atoms with E-state index < -0.39 is 35.8 Å². The Morgan fingerprint density at radius 1 is 0.839 bits per heavy atom. The van der Waals surface area contributed by atoms with Crippen molar-refractivity contribution in [2.45, 2.75) is 70.4 Å². The van der Waals surface area contributed by atoms with Gasteiger partial charge in [0, 0.05) is 56.3 Å². The number of alkyl halides is 2. The Morgan fingerprint density at radius 2 is 1.55 bits per heavy atom. The standard InChI is InChI=1S/C43H49Cl2N3O8/c1-29(50)47-37(27-31-11-5-3-6-12-31)42(52)48-36(41(51)46-22-23-49)28-32-25-33(14-7-4-8-20-44)40-35(26-32)39(38(56-40)15-9-21-45)43(53)55-24-10-13-30-16-18-34(54-2)19-17-30/h3,5-6,11-12,16-19,25-26,36-37,49H,4,8-10,13,15,20-24,27-28H2,1-2H3,(H,46,51)(H,47,50)(H,48,52)/t36-,37-/m0/s1. The first kappa shape index (κ1) is 43.7. The predicted molar refractivity (Wildman–Crippen MR) is 217 cm³/mol. The van der Waals surface area contributed by atoms with Crippen LogP contribution in [-0.2, 0) is 44.8 Å². The van der Waals surface area contributed by atoms with Crippen LogP contribution in [-0.4, -0.2) is 79.5 Å². The maximum absolute atomic E-state index is 13.9. The SMILES string of the molecule is COc1ccc(CCCOC(=O)c2c(CCCCl)oc3c(C#CCCCCl)cc(C[C@H](NC(=O)[C@H](Cc4ccccc4)NC(C)=O)C(=O)NCCO)cc23)cc1. The number of amides is 3. The molecule has 0 aliphatic carbocycles. The molecule has 56 heavy (non-hydrogen) atoms. The maximum Gasteiger partial charge on any atom is 0.342 e. The number of halogens is 2. The number of carbonyl (C=O) groups is 4. The molecule has 4 N–H and O–H groups in total. The van der Waals surface area contributed by atoms with Crippen LogP contribution in [0.3, 0.4) is 0 Å². The summed E-state index contributed by atoms with van der Waals surface area (Å²) in [5.41, 5.74) is 3.59. The molecule has 1 aromatic heterocycles. The number of esters is 1. The number of nitrogens with one attached hydrogen (secondary N) is 3. The highest BCUT2D eigenvalue weighted by molar-refractivity contribution is 6.18. The molecule has 2 atom stereocenters. The summed E-state index contributed by atoms with van der Waals surface area (Å²) < 4.78 is 17.4. The first-order chi connectivity index (χ1) is 27.2. The monoisotopic (exact) mass is 805 g/mol. The van der Waals surface area contributed by atoms with Crippen molar-refractivity contribution in [1.82, 2.24) is 16.0 Å². The average Bonchev–Trinajstić information content (AvgIpc) is 3.57. The van der Waals surface area contributed by atoms with Crippen molar-refractivity contribution >= 4 is 57.9 Å². The lowest BCUT2D eigenvalue weighted by molar-refractivity contribution is -0.131. The van der Waals surface area contributed by atoms with Gasteiger partial charge in [0.05, 0.1) is 25.9 Å². The first-order valence-electron chi connectivity index (χ1n) is 18.7. The smallest absolute Gasteiger partial charge is 0.342 e. The molecule has 0 unspecified atom stereocenters. The van der Waals surface area contributed by atoms with Crippen molar-refractivity contribution in [1.29, 1.82) is 0 Å². The third-order valence-corrected chi connectivity index (χ3v) is 9.32. The second-order valence-electron chi connectivity index (χ2n) is 13.1. The van der Waals surface area contributed by atoms with E-state index in [0.29, 0.717) is 78.1 Å². The highest BCUT2D eigenvalue weighted by atomic mass is 35.5. The Kier molecular flexibility index (Phi) is 18.1. The molecule has 0 aliphatic heterocycles. The number of hydrogen-bond acceptors (Lipinski definition) is 8. The van der Waals surface area contributed by atoms with Gasteiger partial charge in [-0.15, -0.1) is 23.2 Å². The second-order valence-corrected chi connectivity index (χ2v) is 13.9. The minimum absolute atomic E-state index is 0.0219. The lowest BCUT2D eigenvalue weighted by Crippen LogP contribution is -2.55. The first-order valence-corrected chi connectivity index (χ1v) is 19.7. The molecular weight excluding hydrogens is 757 g/mol. The fourth-order valence-corrected chi connectivity index (χ4v) is 6.36. The number of aryl methyl sites for hydroxylation is 2. The summed E-state index contributed by atoms with van der Waals surface area (Å²) in [7, 11) is 1.61. The minimum atomic E-state index is -1.13. The molecule has 0 saturated carbocycles. The van der Waals surface area contributed by atoms with Gasteiger partial charge >= 0.3 is 5.97 Å². The van der Waals surface area contributed by atoms with Crippen LogP contribution in [0.2, 0.25) is 0 Å². The van der Waals surface area contributed by atoms with Crippen LogP contribution in [0.15, 0.2) is 71.1 Å². The predicted octanol–water partition coefficient (Wildman–Crippen LogP) is 5.66. The Hall–Kier alpha value is -5.02. The van der Waals surface area contributed by atoms with Gasteiger partial charge in [-0.1, -0.05) is 54.3 Å². The average molecular weight is 807 g/mol. The molecule has 0 radical (unpaired) electrons. The number of fused-ring (bicyclic) bond motifs is 1. The Bertz CT molecular complexity index is 1970. The molecule has 0 aliphatic rings. The zero-order valence-corrected chi connectivity index (χ0v) is 33.3. The summed E-state index contributed by atoms with van der Waals surface area (Å²) in [6.07, 6.45) is 3.55. The van der Waals surface area contributed by atoms with E-state index in [1.54, 1.807) is 19.2 Å². The van der Waals surface area contributed by atoms with Crippen LogP contribution in [0.5, 0.6) is 5.75 Å². The number of methoxy groups -OCH3 is 1. The number of rotatable bonds is 21. The van der Waals surface area contributed by atoms with E-state index in [9.17, 15) is 24.3 Å². The van der Waals surface area contributed by atoms with Crippen LogP contribution in [0, 0.1) is 11.8 Å². The van der Waals surface area contributed by atoms with E-state index in [0.717, 1.165) is 16.9 Å². The minimum Gasteiger partial charge on any atom is -0.497 e. The normalized spacial score (nSPS) is 11.9. The number of aliphatic hydroxyl groups excluding tert-OH is 1. The van der Waals surface area contributed by atoms with Gasteiger partial charge in [-0.05, 0) is 66.6 Å². The molecule has 4 rings (SSSR count). The highest BCUT2D eigenvalue weighted by Crippen LogP contribution is 2.32. The molecule has 0 saturated heterocycles. The van der Waals surface area contributed by atoms with Crippen molar-refractivity contribution < 1.29 is 38.2 Å². The van der Waals surface area contributed by atoms with Crippen molar-refractivity contribution in [3.8, 4) is 17.6 Å². The third kappa shape index (κ3) is 13.3. The quantitative estimate of drug-likeness (QED) is 0.0364. The highest BCUT2D eigenvalue weighted by Gasteiger charge is 2.29. The van der Waals surface area contributed by atoms with Crippen LogP contribution in [0.4, 0.5) is 0 Å². The van der Waals surface area contributed by atoms with Crippen molar-refractivity contribution in [2.24, 2.45) is 0 Å². The summed E-state index contributed by atoms with van der Waals surface area (Å²) in [5.74, 6) is 6.16. The Labute approximate surface area is 337 Å². The summed E-state index contributed by atoms with van der Waals surface area (Å²) in [4.78, 5) is 53.3. The second kappa shape index (κ2) is 23.1. The van der Waals surface area contributed by atoms with E-state index in [2.05, 4.69) is 27.8 Å². The topological polar surface area (TPSA) is 156 Å². The number of unbranched alkanes of at least 4 members (excludes halogenated alkanes) is 1. The van der Waals surface area contributed by atoms with Crippen molar-refractivity contribution in [2.75, 3.05) is 38.6 Å². The van der Waals surface area contributed by atoms with Gasteiger partial charge in [0.2, 0.25) is 17.7 Å². The van der Waals surface area contributed by atoms with Crippen LogP contribution in [0.1, 0.15) is 71.0 Å². The van der Waals surface area contributed by atoms with E-state index >= 15 is 0 Å². The molecule has 13 heteroatoms. The summed E-state index contributed by atoms with van der Waals surface area (Å²) >= 11 is 12.0. The zero-order valence-electron chi connectivity index (χ0n) is 31.8. The lowest BCUT2D eigenvalue weighted by Gasteiger charge is -2.23. The van der Waals surface area contributed by atoms with Crippen LogP contribution < -0.4 is 20.7 Å². The number of carbonyl (C=O) groups excluding carboxylic acids is 4. The third-order valence-electron chi connectivity index (χ3n) is 8.78. The number of hydrogen-bond donors (Lipinski definition) is 4. The van der Waals surface area contributed by atoms with Gasteiger partial charge in [0.1, 0.15) is 29.2 Å². The molecule has 3 aromatic carbocycles. The lowest BCUT2D eigenvalue weighted by atomic mass is 9.97. The van der Waals surface area contributed by atoms with Gasteiger partial charge in [-0.25, -0.2) is 4.79 Å². The number of aliphatic hydroxyl groups is 1. The molecule has 0 fully saturated rings. The van der Waals surface area contributed by atoms with Gasteiger partial charge in [0.25, 0.3) is 0 Å². The number of furan rings is 1. The van der Waals surface area contributed by atoms with Crippen LogP contribution in [0.25, 0.3) is 11.0 Å². The van der Waals surface area contributed by atoms with Crippen molar-refractivity contribution in [3.63, 3.8) is 0 Å². The molecule has 0 spiro atoms. The molecule has 298 valence electrons. The molecule has 1 heterocycles. The molecule has 3 amide bonds. The van der Waals surface area contributed by atoms with Crippen molar-refractivity contribution in [3.05, 3.63) is 100 Å². The van der Waals surface area contributed by atoms with Crippen LogP contribution >= 0.6 is 23.2 Å². The summed E-state index contributed by atoms with van der Waals surface area (Å²) in [6.45, 7) is 1.13. The van der Waals surface area contributed by atoms with E-state index in [1.807, 2.05) is 54.6 Å². The molecule has 0 bridgehead atoms. The Balaban J connectivity index is 1.69. The molecule has 4 aromatic rings. The van der Waals surface area contributed by atoms with E-state index in [1.165, 1.54) is 6.92 Å². The summed E-state index contributed by atoms with van der Waals surface area (Å²) in [6, 6.07) is 18.3. The largest absolute Gasteiger partial charge is 0.497 e. The van der Waals surface area contributed by atoms with E-state index in [-0.39, 0.29) is 38.2 Å². The molecule has 11 nitrogen and oxygen atoms in total. The van der Waals surface area contributed by atoms with Gasteiger partial charge in [0.15, 0.2) is 5.58 Å². The number of ether oxygens (including phenoxy) is 2. The fourth-order valence-electron chi connectivity index (χ4n) is 6.09. The zero-order chi connectivity index (χ0) is 40.3. The van der Waals surface area contributed by atoms with Gasteiger partial charge < -0.3 is 34.9 Å². The van der Waals surface area contributed by atoms with Gasteiger partial charge in [-0.2, -0.15) is 0 Å².